The number of carboxylic acids is 1. The molecule has 3 rings (SSSR count). The van der Waals surface area contributed by atoms with E-state index in [-0.39, 0.29) is 5.70 Å². The molecule has 3 aromatic carbocycles. The molecule has 0 unspecified atom stereocenters. The third-order valence-electron chi connectivity index (χ3n) is 4.79. The van der Waals surface area contributed by atoms with E-state index in [0.29, 0.717) is 40.3 Å². The first-order valence-electron chi connectivity index (χ1n) is 10.3. The van der Waals surface area contributed by atoms with Crippen LogP contribution in [0.15, 0.2) is 76.9 Å². The minimum Gasteiger partial charge on any atom is -0.490 e. The zero-order valence-corrected chi connectivity index (χ0v) is 19.9. The van der Waals surface area contributed by atoms with Gasteiger partial charge in [0.25, 0.3) is 5.91 Å². The number of carboxylic acid groups (broad SMARTS) is 1. The van der Waals surface area contributed by atoms with Gasteiger partial charge >= 0.3 is 5.97 Å². The lowest BCUT2D eigenvalue weighted by Gasteiger charge is -2.16. The SMILES string of the molecule is CCOc1cc(C=C(NC(=O)c2ccccc2)C(=O)O)cc(Br)c1OCc1ccccc1C. The Kier molecular flexibility index (Phi) is 8.27. The predicted octanol–water partition coefficient (Wildman–Crippen LogP) is 5.59. The van der Waals surface area contributed by atoms with Crippen LogP contribution in [-0.4, -0.2) is 23.6 Å². The average Bonchev–Trinajstić information content (AvgIpc) is 2.80. The molecular weight excluding hydrogens is 486 g/mol. The van der Waals surface area contributed by atoms with Gasteiger partial charge in [-0.25, -0.2) is 4.79 Å². The molecule has 0 spiro atoms. The smallest absolute Gasteiger partial charge is 0.352 e. The molecule has 6 nitrogen and oxygen atoms in total. The minimum absolute atomic E-state index is 0.258. The maximum absolute atomic E-state index is 12.4. The van der Waals surface area contributed by atoms with Crippen molar-refractivity contribution in [3.8, 4) is 11.5 Å². The first-order valence-corrected chi connectivity index (χ1v) is 11.1. The van der Waals surface area contributed by atoms with Gasteiger partial charge in [0.2, 0.25) is 0 Å². The first kappa shape index (κ1) is 24.1. The summed E-state index contributed by atoms with van der Waals surface area (Å²) < 4.78 is 12.4. The molecule has 0 saturated carbocycles. The molecule has 0 aliphatic carbocycles. The van der Waals surface area contributed by atoms with Gasteiger partial charge in [0.15, 0.2) is 11.5 Å². The summed E-state index contributed by atoms with van der Waals surface area (Å²) in [5, 5.41) is 12.1. The van der Waals surface area contributed by atoms with Crippen LogP contribution >= 0.6 is 15.9 Å². The summed E-state index contributed by atoms with van der Waals surface area (Å²) in [5.74, 6) is -0.784. The number of nitrogens with one attached hydrogen (secondary N) is 1. The van der Waals surface area contributed by atoms with Crippen LogP contribution in [0.3, 0.4) is 0 Å². The third kappa shape index (κ3) is 6.46. The molecule has 7 heteroatoms. The van der Waals surface area contributed by atoms with Gasteiger partial charge in [0.05, 0.1) is 11.1 Å². The second-order valence-electron chi connectivity index (χ2n) is 7.16. The Balaban J connectivity index is 1.88. The number of carbonyl (C=O) groups is 2. The number of hydrogen-bond acceptors (Lipinski definition) is 4. The highest BCUT2D eigenvalue weighted by Crippen LogP contribution is 2.38. The van der Waals surface area contributed by atoms with Crippen molar-refractivity contribution < 1.29 is 24.2 Å². The predicted molar refractivity (Wildman–Crippen MR) is 130 cm³/mol. The second kappa shape index (κ2) is 11.3. The Labute approximate surface area is 201 Å². The monoisotopic (exact) mass is 509 g/mol. The Morgan fingerprint density at radius 2 is 1.73 bits per heavy atom. The molecule has 0 aliphatic heterocycles. The molecule has 0 aliphatic rings. The van der Waals surface area contributed by atoms with E-state index < -0.39 is 11.9 Å². The van der Waals surface area contributed by atoms with Gasteiger partial charge in [0, 0.05) is 5.56 Å². The van der Waals surface area contributed by atoms with E-state index in [1.54, 1.807) is 42.5 Å². The number of carbonyl (C=O) groups excluding carboxylic acids is 1. The normalized spacial score (nSPS) is 11.1. The van der Waals surface area contributed by atoms with Gasteiger partial charge in [-0.05, 0) is 76.8 Å². The van der Waals surface area contributed by atoms with Crippen LogP contribution in [0.2, 0.25) is 0 Å². The summed E-state index contributed by atoms with van der Waals surface area (Å²) in [6.07, 6.45) is 1.38. The molecule has 2 N–H and O–H groups in total. The summed E-state index contributed by atoms with van der Waals surface area (Å²) in [4.78, 5) is 24.2. The van der Waals surface area contributed by atoms with E-state index in [1.807, 2.05) is 38.1 Å². The molecule has 0 fully saturated rings. The fourth-order valence-corrected chi connectivity index (χ4v) is 3.67. The summed E-state index contributed by atoms with van der Waals surface area (Å²) in [6.45, 7) is 4.62. The molecule has 0 bridgehead atoms. The quantitative estimate of drug-likeness (QED) is 0.367. The van der Waals surface area contributed by atoms with Crippen LogP contribution in [-0.2, 0) is 11.4 Å². The summed E-state index contributed by atoms with van der Waals surface area (Å²) >= 11 is 3.51. The fourth-order valence-electron chi connectivity index (χ4n) is 3.10. The van der Waals surface area contributed by atoms with Crippen LogP contribution in [0, 0.1) is 6.92 Å². The van der Waals surface area contributed by atoms with Crippen molar-refractivity contribution >= 4 is 33.9 Å². The van der Waals surface area contributed by atoms with Crippen molar-refractivity contribution in [2.45, 2.75) is 20.5 Å². The van der Waals surface area contributed by atoms with Crippen molar-refractivity contribution in [2.24, 2.45) is 0 Å². The van der Waals surface area contributed by atoms with Crippen molar-refractivity contribution in [2.75, 3.05) is 6.61 Å². The van der Waals surface area contributed by atoms with E-state index >= 15 is 0 Å². The second-order valence-corrected chi connectivity index (χ2v) is 8.02. The van der Waals surface area contributed by atoms with Gasteiger partial charge in [-0.3, -0.25) is 4.79 Å². The largest absolute Gasteiger partial charge is 0.490 e. The van der Waals surface area contributed by atoms with Gasteiger partial charge in [-0.15, -0.1) is 0 Å². The Morgan fingerprint density at radius 1 is 1.03 bits per heavy atom. The number of aryl methyl sites for hydroxylation is 1. The molecule has 0 radical (unpaired) electrons. The maximum atomic E-state index is 12.4. The Bertz CT molecular complexity index is 1170. The van der Waals surface area contributed by atoms with E-state index in [9.17, 15) is 14.7 Å². The number of aliphatic carboxylic acids is 1. The zero-order chi connectivity index (χ0) is 23.8. The van der Waals surface area contributed by atoms with E-state index in [1.165, 1.54) is 6.08 Å². The summed E-state index contributed by atoms with van der Waals surface area (Å²) in [7, 11) is 0. The number of hydrogen-bond donors (Lipinski definition) is 2. The van der Waals surface area contributed by atoms with Gasteiger partial charge < -0.3 is 19.9 Å². The molecule has 1 amide bonds. The fraction of sp³-hybridized carbons (Fsp3) is 0.154. The highest BCUT2D eigenvalue weighted by Gasteiger charge is 2.16. The van der Waals surface area contributed by atoms with Crippen LogP contribution in [0.4, 0.5) is 0 Å². The minimum atomic E-state index is -1.26. The van der Waals surface area contributed by atoms with Gasteiger partial charge in [0.1, 0.15) is 12.3 Å². The van der Waals surface area contributed by atoms with Gasteiger partial charge in [-0.2, -0.15) is 0 Å². The Hall–Kier alpha value is -3.58. The van der Waals surface area contributed by atoms with E-state index in [2.05, 4.69) is 21.2 Å². The third-order valence-corrected chi connectivity index (χ3v) is 5.38. The molecule has 33 heavy (non-hydrogen) atoms. The first-order chi connectivity index (χ1) is 15.9. The van der Waals surface area contributed by atoms with Crippen LogP contribution < -0.4 is 14.8 Å². The molecule has 170 valence electrons. The molecule has 0 atom stereocenters. The van der Waals surface area contributed by atoms with Crippen LogP contribution in [0.5, 0.6) is 11.5 Å². The molecular formula is C26H24BrNO5. The highest BCUT2D eigenvalue weighted by atomic mass is 79.9. The van der Waals surface area contributed by atoms with Gasteiger partial charge in [-0.1, -0.05) is 42.5 Å². The average molecular weight is 510 g/mol. The van der Waals surface area contributed by atoms with E-state index in [4.69, 9.17) is 9.47 Å². The number of benzene rings is 3. The zero-order valence-electron chi connectivity index (χ0n) is 18.3. The van der Waals surface area contributed by atoms with Crippen molar-refractivity contribution in [3.63, 3.8) is 0 Å². The maximum Gasteiger partial charge on any atom is 0.352 e. The number of rotatable bonds is 9. The summed E-state index contributed by atoms with van der Waals surface area (Å²) in [6, 6.07) is 19.7. The lowest BCUT2D eigenvalue weighted by Crippen LogP contribution is -2.27. The highest BCUT2D eigenvalue weighted by molar-refractivity contribution is 9.10. The molecule has 0 aromatic heterocycles. The van der Waals surface area contributed by atoms with E-state index in [0.717, 1.165) is 11.1 Å². The van der Waals surface area contributed by atoms with Crippen molar-refractivity contribution in [1.82, 2.24) is 5.32 Å². The standard InChI is InChI=1S/C26H24BrNO5/c1-3-32-23-15-18(13-21(27)24(23)33-16-20-12-8-7-9-17(20)2)14-22(26(30)31)28-25(29)19-10-5-4-6-11-19/h4-15H,3,16H2,1-2H3,(H,28,29)(H,30,31). The molecule has 3 aromatic rings. The number of amides is 1. The Morgan fingerprint density at radius 3 is 2.39 bits per heavy atom. The lowest BCUT2D eigenvalue weighted by atomic mass is 10.1. The number of ether oxygens (including phenoxy) is 2. The van der Waals surface area contributed by atoms with Crippen LogP contribution in [0.1, 0.15) is 34.0 Å². The topological polar surface area (TPSA) is 84.9 Å². The number of halogens is 1. The molecule has 0 heterocycles. The lowest BCUT2D eigenvalue weighted by molar-refractivity contribution is -0.132. The van der Waals surface area contributed by atoms with Crippen molar-refractivity contribution in [1.29, 1.82) is 0 Å². The van der Waals surface area contributed by atoms with Crippen LogP contribution in [0.25, 0.3) is 6.08 Å². The summed E-state index contributed by atoms with van der Waals surface area (Å²) in [5.41, 5.74) is 2.80. The van der Waals surface area contributed by atoms with Crippen molar-refractivity contribution in [3.05, 3.63) is 99.2 Å². The molecule has 0 saturated heterocycles.